The van der Waals surface area contributed by atoms with Gasteiger partial charge in [-0.15, -0.1) is 10.2 Å². The predicted molar refractivity (Wildman–Crippen MR) is 116 cm³/mol. The summed E-state index contributed by atoms with van der Waals surface area (Å²) in [6.45, 7) is 4.03. The van der Waals surface area contributed by atoms with Crippen LogP contribution in [0, 0.1) is 6.92 Å². The van der Waals surface area contributed by atoms with Crippen LogP contribution < -0.4 is 0 Å². The highest BCUT2D eigenvalue weighted by atomic mass is 32.2. The van der Waals surface area contributed by atoms with E-state index in [0.29, 0.717) is 41.2 Å². The lowest BCUT2D eigenvalue weighted by Gasteiger charge is -2.13. The number of ether oxygens (including phenoxy) is 1. The van der Waals surface area contributed by atoms with Crippen LogP contribution in [0.5, 0.6) is 0 Å². The van der Waals surface area contributed by atoms with Crippen molar-refractivity contribution in [2.75, 3.05) is 6.61 Å². The summed E-state index contributed by atoms with van der Waals surface area (Å²) in [6.07, 6.45) is 0.579. The molecule has 0 saturated carbocycles. The Hall–Kier alpha value is -3.19. The molecule has 4 aromatic rings. The number of pyridine rings is 1. The van der Waals surface area contributed by atoms with Crippen LogP contribution in [0.2, 0.25) is 0 Å². The number of hydrogen-bond acceptors (Lipinski definition) is 7. The van der Waals surface area contributed by atoms with Gasteiger partial charge in [0.1, 0.15) is 0 Å². The second-order valence-corrected chi connectivity index (χ2v) is 7.64. The van der Waals surface area contributed by atoms with Crippen LogP contribution in [0.3, 0.4) is 0 Å². The summed E-state index contributed by atoms with van der Waals surface area (Å²) < 4.78 is 11.1. The van der Waals surface area contributed by atoms with E-state index in [1.807, 2.05) is 61.5 Å². The van der Waals surface area contributed by atoms with Crippen LogP contribution in [0.1, 0.15) is 40.0 Å². The third kappa shape index (κ3) is 4.36. The molecule has 152 valence electrons. The fourth-order valence-corrected chi connectivity index (χ4v) is 4.01. The lowest BCUT2D eigenvalue weighted by molar-refractivity contribution is 0.0524. The van der Waals surface area contributed by atoms with Crippen molar-refractivity contribution < 1.29 is 13.9 Å². The molecule has 2 aromatic heterocycles. The number of aromatic nitrogens is 3. The first-order valence-corrected chi connectivity index (χ1v) is 10.7. The number of rotatable bonds is 7. The van der Waals surface area contributed by atoms with Crippen LogP contribution in [-0.2, 0) is 16.9 Å². The van der Waals surface area contributed by atoms with Gasteiger partial charge in [-0.05, 0) is 31.0 Å². The first kappa shape index (κ1) is 20.1. The number of fused-ring (bicyclic) bond motifs is 1. The van der Waals surface area contributed by atoms with E-state index in [0.717, 1.165) is 22.0 Å². The van der Waals surface area contributed by atoms with Crippen molar-refractivity contribution in [1.82, 2.24) is 15.2 Å². The standard InChI is InChI=1S/C23H21N3O3S/c1-3-28-22(27)21-15(2)17-11-7-8-12-18(17)24-19(21)14-30-23-26-25-20(29-23)13-16-9-5-4-6-10-16/h4-12H,3,13-14H2,1-2H3. The lowest BCUT2D eigenvalue weighted by Crippen LogP contribution is -2.12. The minimum Gasteiger partial charge on any atom is -0.462 e. The van der Waals surface area contributed by atoms with Crippen molar-refractivity contribution >= 4 is 28.6 Å². The number of aryl methyl sites for hydroxylation is 1. The number of hydrogen-bond donors (Lipinski definition) is 0. The van der Waals surface area contributed by atoms with Gasteiger partial charge in [0.2, 0.25) is 5.89 Å². The monoisotopic (exact) mass is 419 g/mol. The van der Waals surface area contributed by atoms with Crippen molar-refractivity contribution in [1.29, 1.82) is 0 Å². The normalized spacial score (nSPS) is 11.0. The zero-order valence-electron chi connectivity index (χ0n) is 16.8. The van der Waals surface area contributed by atoms with Gasteiger partial charge in [-0.25, -0.2) is 4.79 Å². The van der Waals surface area contributed by atoms with Gasteiger partial charge in [0.15, 0.2) is 0 Å². The molecule has 2 aromatic carbocycles. The smallest absolute Gasteiger partial charge is 0.340 e. The average molecular weight is 420 g/mol. The number of carbonyl (C=O) groups is 1. The average Bonchev–Trinajstić information content (AvgIpc) is 3.20. The van der Waals surface area contributed by atoms with E-state index >= 15 is 0 Å². The quantitative estimate of drug-likeness (QED) is 0.308. The maximum Gasteiger partial charge on any atom is 0.340 e. The molecular weight excluding hydrogens is 398 g/mol. The van der Waals surface area contributed by atoms with Gasteiger partial charge < -0.3 is 9.15 Å². The maximum atomic E-state index is 12.6. The van der Waals surface area contributed by atoms with E-state index in [2.05, 4.69) is 10.2 Å². The number of esters is 1. The summed E-state index contributed by atoms with van der Waals surface area (Å²) >= 11 is 1.36. The molecule has 2 heterocycles. The molecule has 0 radical (unpaired) electrons. The number of nitrogens with zero attached hydrogens (tertiary/aromatic N) is 3. The molecule has 30 heavy (non-hydrogen) atoms. The summed E-state index contributed by atoms with van der Waals surface area (Å²) in [5.41, 5.74) is 3.97. The topological polar surface area (TPSA) is 78.1 Å². The van der Waals surface area contributed by atoms with Gasteiger partial charge in [0, 0.05) is 11.1 Å². The summed E-state index contributed by atoms with van der Waals surface area (Å²) in [4.78, 5) is 17.3. The molecule has 0 unspecified atom stereocenters. The van der Waals surface area contributed by atoms with Crippen LogP contribution in [0.25, 0.3) is 10.9 Å². The largest absolute Gasteiger partial charge is 0.462 e. The third-order valence-corrected chi connectivity index (χ3v) is 5.52. The molecular formula is C23H21N3O3S. The fraction of sp³-hybridized carbons (Fsp3) is 0.217. The van der Waals surface area contributed by atoms with E-state index in [4.69, 9.17) is 14.1 Å². The zero-order valence-corrected chi connectivity index (χ0v) is 17.6. The number of para-hydroxylation sites is 1. The Bertz CT molecular complexity index is 1180. The van der Waals surface area contributed by atoms with Gasteiger partial charge in [-0.3, -0.25) is 4.98 Å². The van der Waals surface area contributed by atoms with Gasteiger partial charge in [0.25, 0.3) is 5.22 Å². The van der Waals surface area contributed by atoms with Gasteiger partial charge >= 0.3 is 5.97 Å². The zero-order chi connectivity index (χ0) is 20.9. The highest BCUT2D eigenvalue weighted by Crippen LogP contribution is 2.29. The number of carbonyl (C=O) groups excluding carboxylic acids is 1. The van der Waals surface area contributed by atoms with Crippen molar-refractivity contribution in [2.24, 2.45) is 0 Å². The first-order valence-electron chi connectivity index (χ1n) is 9.70. The Morgan fingerprint density at radius 1 is 1.07 bits per heavy atom. The molecule has 0 atom stereocenters. The van der Waals surface area contributed by atoms with Crippen LogP contribution in [-0.4, -0.2) is 27.8 Å². The molecule has 6 nitrogen and oxygen atoms in total. The second kappa shape index (κ2) is 9.09. The van der Waals surface area contributed by atoms with E-state index in [-0.39, 0.29) is 5.97 Å². The van der Waals surface area contributed by atoms with E-state index in [1.165, 1.54) is 11.8 Å². The van der Waals surface area contributed by atoms with Crippen molar-refractivity contribution in [3.63, 3.8) is 0 Å². The molecule has 0 saturated heterocycles. The third-order valence-electron chi connectivity index (χ3n) is 4.69. The lowest BCUT2D eigenvalue weighted by atomic mass is 10.0. The van der Waals surface area contributed by atoms with Crippen LogP contribution in [0.15, 0.2) is 64.2 Å². The van der Waals surface area contributed by atoms with Crippen molar-refractivity contribution in [2.45, 2.75) is 31.2 Å². The summed E-state index contributed by atoms with van der Waals surface area (Å²) in [7, 11) is 0. The molecule has 0 aliphatic carbocycles. The molecule has 0 aliphatic heterocycles. The van der Waals surface area contributed by atoms with Crippen molar-refractivity contribution in [3.8, 4) is 0 Å². The van der Waals surface area contributed by atoms with Crippen LogP contribution in [0.4, 0.5) is 0 Å². The fourth-order valence-electron chi connectivity index (χ4n) is 3.29. The Kier molecular flexibility index (Phi) is 6.09. The minimum absolute atomic E-state index is 0.310. The molecule has 7 heteroatoms. The van der Waals surface area contributed by atoms with Gasteiger partial charge in [-0.1, -0.05) is 60.3 Å². The summed E-state index contributed by atoms with van der Waals surface area (Å²) in [6, 6.07) is 17.7. The SMILES string of the molecule is CCOC(=O)c1c(CSc2nnc(Cc3ccccc3)o2)nc2ccccc2c1C. The van der Waals surface area contributed by atoms with E-state index in [9.17, 15) is 4.79 Å². The highest BCUT2D eigenvalue weighted by Gasteiger charge is 2.20. The van der Waals surface area contributed by atoms with E-state index in [1.54, 1.807) is 6.92 Å². The van der Waals surface area contributed by atoms with Gasteiger partial charge in [0.05, 0.1) is 29.8 Å². The Balaban J connectivity index is 1.57. The first-order chi connectivity index (χ1) is 14.7. The van der Waals surface area contributed by atoms with Crippen LogP contribution >= 0.6 is 11.8 Å². The maximum absolute atomic E-state index is 12.6. The Morgan fingerprint density at radius 3 is 2.63 bits per heavy atom. The molecule has 0 amide bonds. The summed E-state index contributed by atoms with van der Waals surface area (Å²) in [5, 5.41) is 9.64. The molecule has 0 N–H and O–H groups in total. The van der Waals surface area contributed by atoms with Gasteiger partial charge in [-0.2, -0.15) is 0 Å². The molecule has 0 spiro atoms. The molecule has 0 fully saturated rings. The summed E-state index contributed by atoms with van der Waals surface area (Å²) in [5.74, 6) is 0.614. The molecule has 0 bridgehead atoms. The Labute approximate surface area is 178 Å². The minimum atomic E-state index is -0.362. The highest BCUT2D eigenvalue weighted by molar-refractivity contribution is 7.98. The van der Waals surface area contributed by atoms with Crippen molar-refractivity contribution in [3.05, 3.63) is 82.9 Å². The van der Waals surface area contributed by atoms with E-state index < -0.39 is 0 Å². The second-order valence-electron chi connectivity index (χ2n) is 6.71. The number of benzene rings is 2. The Morgan fingerprint density at radius 2 is 1.83 bits per heavy atom. The number of thioether (sulfide) groups is 1. The molecule has 4 rings (SSSR count). The predicted octanol–water partition coefficient (Wildman–Crippen LogP) is 4.99. The molecule has 0 aliphatic rings.